The van der Waals surface area contributed by atoms with Crippen LogP contribution in [0.4, 0.5) is 5.69 Å². The lowest BCUT2D eigenvalue weighted by molar-refractivity contribution is -0.112. The van der Waals surface area contributed by atoms with Gasteiger partial charge in [-0.05, 0) is 74.4 Å². The van der Waals surface area contributed by atoms with E-state index in [1.54, 1.807) is 24.3 Å². The molecule has 3 aromatic rings. The van der Waals surface area contributed by atoms with Gasteiger partial charge in [-0.3, -0.25) is 4.79 Å². The van der Waals surface area contributed by atoms with E-state index in [2.05, 4.69) is 21.2 Å². The number of anilines is 1. The van der Waals surface area contributed by atoms with Crippen molar-refractivity contribution in [2.45, 2.75) is 25.7 Å². The molecule has 6 nitrogen and oxygen atoms in total. The van der Waals surface area contributed by atoms with Gasteiger partial charge in [-0.25, -0.2) is 0 Å². The number of hydrogen-bond acceptors (Lipinski definition) is 5. The van der Waals surface area contributed by atoms with E-state index in [0.717, 1.165) is 16.7 Å². The predicted molar refractivity (Wildman–Crippen MR) is 131 cm³/mol. The Labute approximate surface area is 201 Å². The zero-order valence-electron chi connectivity index (χ0n) is 18.2. The van der Waals surface area contributed by atoms with Crippen molar-refractivity contribution in [3.8, 4) is 11.8 Å². The Morgan fingerprint density at radius 1 is 1.00 bits per heavy atom. The molecule has 0 unspecified atom stereocenters. The van der Waals surface area contributed by atoms with E-state index in [4.69, 9.17) is 4.18 Å². The number of carbonyl (C=O) groups is 1. The number of nitrogens with zero attached hydrogens (tertiary/aromatic N) is 1. The van der Waals surface area contributed by atoms with Crippen LogP contribution in [0, 0.1) is 32.1 Å². The molecule has 1 amide bonds. The molecule has 0 aliphatic heterocycles. The summed E-state index contributed by atoms with van der Waals surface area (Å²) in [4.78, 5) is 12.8. The summed E-state index contributed by atoms with van der Waals surface area (Å²) in [5, 5.41) is 12.3. The molecule has 1 N–H and O–H groups in total. The third-order valence-corrected chi connectivity index (χ3v) is 6.53. The van der Waals surface area contributed by atoms with Gasteiger partial charge in [0.05, 0.1) is 0 Å². The Morgan fingerprint density at radius 3 is 2.33 bits per heavy atom. The second-order valence-electron chi connectivity index (χ2n) is 7.47. The summed E-state index contributed by atoms with van der Waals surface area (Å²) in [5.74, 6) is -0.621. The van der Waals surface area contributed by atoms with Crippen LogP contribution in [-0.2, 0) is 14.9 Å². The van der Waals surface area contributed by atoms with E-state index >= 15 is 0 Å². The molecule has 0 spiro atoms. The molecule has 8 heteroatoms. The van der Waals surface area contributed by atoms with Gasteiger partial charge < -0.3 is 9.50 Å². The van der Waals surface area contributed by atoms with E-state index in [9.17, 15) is 18.5 Å². The van der Waals surface area contributed by atoms with Crippen LogP contribution < -0.4 is 9.50 Å². The maximum atomic E-state index is 12.8. The monoisotopic (exact) mass is 524 g/mol. The van der Waals surface area contributed by atoms with Gasteiger partial charge in [0, 0.05) is 15.7 Å². The van der Waals surface area contributed by atoms with E-state index < -0.39 is 16.0 Å². The normalized spacial score (nSPS) is 11.5. The van der Waals surface area contributed by atoms with E-state index in [1.165, 1.54) is 24.3 Å². The Bertz CT molecular complexity index is 1390. The van der Waals surface area contributed by atoms with Gasteiger partial charge in [-0.15, -0.1) is 0 Å². The molecule has 3 aromatic carbocycles. The maximum absolute atomic E-state index is 12.8. The highest BCUT2D eigenvalue weighted by molar-refractivity contribution is 9.10. The van der Waals surface area contributed by atoms with Gasteiger partial charge in [0.2, 0.25) is 0 Å². The molecule has 0 aliphatic rings. The van der Waals surface area contributed by atoms with Gasteiger partial charge in [0.25, 0.3) is 5.91 Å². The molecule has 0 radical (unpaired) electrons. The molecular formula is C25H21BrN2O4S. The number of nitrogens with one attached hydrogen (secondary N) is 1. The lowest BCUT2D eigenvalue weighted by Gasteiger charge is -2.11. The Kier molecular flexibility index (Phi) is 7.36. The third-order valence-electron chi connectivity index (χ3n) is 4.79. The van der Waals surface area contributed by atoms with Crippen molar-refractivity contribution in [2.24, 2.45) is 0 Å². The van der Waals surface area contributed by atoms with Crippen LogP contribution in [0.1, 0.15) is 22.3 Å². The minimum absolute atomic E-state index is 0.000814. The largest absolute Gasteiger partial charge is 0.378 e. The predicted octanol–water partition coefficient (Wildman–Crippen LogP) is 5.69. The molecule has 0 heterocycles. The molecule has 0 saturated carbocycles. The van der Waals surface area contributed by atoms with E-state index in [1.807, 2.05) is 45.0 Å². The fourth-order valence-electron chi connectivity index (χ4n) is 2.94. The molecular weight excluding hydrogens is 504 g/mol. The number of benzene rings is 3. The summed E-state index contributed by atoms with van der Waals surface area (Å²) in [7, 11) is -4.12. The molecule has 0 aromatic heterocycles. The Balaban J connectivity index is 1.95. The molecule has 0 bridgehead atoms. The first-order chi connectivity index (χ1) is 15.6. The summed E-state index contributed by atoms with van der Waals surface area (Å²) < 4.78 is 31.5. The molecule has 168 valence electrons. The number of halogens is 1. The van der Waals surface area contributed by atoms with Crippen molar-refractivity contribution in [1.82, 2.24) is 0 Å². The van der Waals surface area contributed by atoms with E-state index in [0.29, 0.717) is 10.2 Å². The first kappa shape index (κ1) is 24.2. The molecule has 33 heavy (non-hydrogen) atoms. The zero-order chi connectivity index (χ0) is 24.2. The molecule has 3 rings (SSSR count). The summed E-state index contributed by atoms with van der Waals surface area (Å²) in [6.07, 6.45) is 1.30. The fraction of sp³-hybridized carbons (Fsp3) is 0.120. The first-order valence-electron chi connectivity index (χ1n) is 9.90. The lowest BCUT2D eigenvalue weighted by atomic mass is 10.1. The van der Waals surface area contributed by atoms with Crippen molar-refractivity contribution in [3.63, 3.8) is 0 Å². The number of aryl methyl sites for hydroxylation is 3. The highest BCUT2D eigenvalue weighted by Gasteiger charge is 2.19. The average Bonchev–Trinajstić information content (AvgIpc) is 2.76. The van der Waals surface area contributed by atoms with Gasteiger partial charge in [0.1, 0.15) is 22.3 Å². The van der Waals surface area contributed by atoms with Gasteiger partial charge in [-0.1, -0.05) is 45.8 Å². The van der Waals surface area contributed by atoms with Crippen molar-refractivity contribution in [3.05, 3.63) is 93.0 Å². The average molecular weight is 525 g/mol. The SMILES string of the molecule is Cc1ccc(S(=O)(=O)Oc2ccc(Br)cc2/C=C(\C#N)C(=O)Nc2cc(C)ccc2C)cc1. The standard InChI is InChI=1S/C25H21BrN2O4S/c1-16-5-9-22(10-6-16)33(30,31)32-24-11-8-21(26)14-19(24)13-20(15-27)25(29)28-23-12-17(2)4-7-18(23)3/h4-14H,1-3H3,(H,28,29)/b20-13+. The number of nitriles is 1. The van der Waals surface area contributed by atoms with E-state index in [-0.39, 0.29) is 21.8 Å². The quantitative estimate of drug-likeness (QED) is 0.254. The Hall–Kier alpha value is -3.41. The first-order valence-corrected chi connectivity index (χ1v) is 12.1. The van der Waals surface area contributed by atoms with Gasteiger partial charge >= 0.3 is 10.1 Å². The van der Waals surface area contributed by atoms with Crippen molar-refractivity contribution >= 4 is 43.7 Å². The maximum Gasteiger partial charge on any atom is 0.339 e. The Morgan fingerprint density at radius 2 is 1.67 bits per heavy atom. The van der Waals surface area contributed by atoms with Crippen LogP contribution in [-0.4, -0.2) is 14.3 Å². The van der Waals surface area contributed by atoms with Gasteiger partial charge in [-0.2, -0.15) is 13.7 Å². The zero-order valence-corrected chi connectivity index (χ0v) is 20.6. The highest BCUT2D eigenvalue weighted by Crippen LogP contribution is 2.29. The van der Waals surface area contributed by atoms with Crippen LogP contribution in [0.2, 0.25) is 0 Å². The highest BCUT2D eigenvalue weighted by atomic mass is 79.9. The van der Waals surface area contributed by atoms with Crippen molar-refractivity contribution < 1.29 is 17.4 Å². The smallest absolute Gasteiger partial charge is 0.339 e. The molecule has 0 atom stereocenters. The number of hydrogen-bond donors (Lipinski definition) is 1. The minimum Gasteiger partial charge on any atom is -0.378 e. The fourth-order valence-corrected chi connectivity index (χ4v) is 4.28. The van der Waals surface area contributed by atoms with Crippen LogP contribution in [0.5, 0.6) is 5.75 Å². The summed E-state index contributed by atoms with van der Waals surface area (Å²) in [6.45, 7) is 5.60. The van der Waals surface area contributed by atoms with Gasteiger partial charge in [0.15, 0.2) is 0 Å². The number of amides is 1. The van der Waals surface area contributed by atoms with Crippen LogP contribution in [0.15, 0.2) is 75.6 Å². The summed E-state index contributed by atoms with van der Waals surface area (Å²) >= 11 is 3.33. The summed E-state index contributed by atoms with van der Waals surface area (Å²) in [5.41, 5.74) is 3.37. The van der Waals surface area contributed by atoms with Crippen LogP contribution >= 0.6 is 15.9 Å². The number of rotatable bonds is 6. The van der Waals surface area contributed by atoms with Crippen LogP contribution in [0.25, 0.3) is 6.08 Å². The van der Waals surface area contributed by atoms with Crippen molar-refractivity contribution in [1.29, 1.82) is 5.26 Å². The van der Waals surface area contributed by atoms with Crippen LogP contribution in [0.3, 0.4) is 0 Å². The summed E-state index contributed by atoms with van der Waals surface area (Å²) in [6, 6.07) is 18.4. The second-order valence-corrected chi connectivity index (χ2v) is 9.94. The molecule has 0 saturated heterocycles. The second kappa shape index (κ2) is 10.0. The topological polar surface area (TPSA) is 96.3 Å². The number of carbonyl (C=O) groups excluding carboxylic acids is 1. The lowest BCUT2D eigenvalue weighted by Crippen LogP contribution is -2.14. The molecule has 0 aliphatic carbocycles. The van der Waals surface area contributed by atoms with Crippen molar-refractivity contribution in [2.75, 3.05) is 5.32 Å². The third kappa shape index (κ3) is 6.09. The minimum atomic E-state index is -4.12. The molecule has 0 fully saturated rings.